The predicted molar refractivity (Wildman–Crippen MR) is 131 cm³/mol. The fraction of sp³-hybridized carbons (Fsp3) is 0.333. The maximum Gasteiger partial charge on any atom is 0.269 e. The lowest BCUT2D eigenvalue weighted by Crippen LogP contribution is -2.33. The largest absolute Gasteiger partial charge is 0.438 e. The Kier molecular flexibility index (Phi) is 6.78. The number of carbonyl (C=O) groups excluding carboxylic acids is 1. The van der Waals surface area contributed by atoms with Gasteiger partial charge in [-0.3, -0.25) is 14.0 Å². The first kappa shape index (κ1) is 23.2. The Labute approximate surface area is 198 Å². The molecule has 0 spiro atoms. The van der Waals surface area contributed by atoms with Gasteiger partial charge >= 0.3 is 0 Å². The van der Waals surface area contributed by atoms with Crippen molar-refractivity contribution in [2.75, 3.05) is 0 Å². The average molecular weight is 457 g/mol. The Morgan fingerprint density at radius 1 is 1.26 bits per heavy atom. The van der Waals surface area contributed by atoms with Crippen LogP contribution < -0.4 is 15.6 Å². The Balaban J connectivity index is 1.83. The summed E-state index contributed by atoms with van der Waals surface area (Å²) in [5.74, 6) is 0.343. The molecule has 2 heterocycles. The predicted octanol–water partition coefficient (Wildman–Crippen LogP) is 4.88. The Hall–Kier alpha value is -3.92. The molecule has 1 aliphatic rings. The van der Waals surface area contributed by atoms with Crippen LogP contribution in [0, 0.1) is 18.3 Å². The zero-order chi connectivity index (χ0) is 24.2. The molecule has 34 heavy (non-hydrogen) atoms. The van der Waals surface area contributed by atoms with Crippen molar-refractivity contribution in [3.63, 3.8) is 0 Å². The summed E-state index contributed by atoms with van der Waals surface area (Å²) in [4.78, 5) is 30.8. The minimum atomic E-state index is -0.490. The van der Waals surface area contributed by atoms with E-state index in [9.17, 15) is 14.9 Å². The van der Waals surface area contributed by atoms with Gasteiger partial charge in [0, 0.05) is 12.2 Å². The zero-order valence-electron chi connectivity index (χ0n) is 19.7. The van der Waals surface area contributed by atoms with Gasteiger partial charge in [0.2, 0.25) is 5.88 Å². The second-order valence-electron chi connectivity index (χ2n) is 8.99. The molecule has 1 aliphatic carbocycles. The molecule has 0 unspecified atom stereocenters. The summed E-state index contributed by atoms with van der Waals surface area (Å²) in [6.07, 6.45) is 6.79. The molecule has 0 saturated heterocycles. The van der Waals surface area contributed by atoms with Crippen molar-refractivity contribution in [1.29, 1.82) is 5.26 Å². The van der Waals surface area contributed by atoms with Crippen LogP contribution in [0.25, 0.3) is 11.7 Å². The highest BCUT2D eigenvalue weighted by atomic mass is 16.5. The first-order valence-electron chi connectivity index (χ1n) is 11.6. The van der Waals surface area contributed by atoms with Gasteiger partial charge in [0.15, 0.2) is 0 Å². The molecular weight excluding hydrogens is 428 g/mol. The smallest absolute Gasteiger partial charge is 0.269 e. The molecule has 0 radical (unpaired) electrons. The van der Waals surface area contributed by atoms with Gasteiger partial charge < -0.3 is 10.1 Å². The number of benzene rings is 1. The highest BCUT2D eigenvalue weighted by Crippen LogP contribution is 2.32. The van der Waals surface area contributed by atoms with Crippen LogP contribution in [0.5, 0.6) is 11.6 Å². The number of ether oxygens (including phenoxy) is 1. The van der Waals surface area contributed by atoms with Gasteiger partial charge in [-0.05, 0) is 61.1 Å². The van der Waals surface area contributed by atoms with Crippen LogP contribution in [-0.4, -0.2) is 21.3 Å². The molecule has 1 fully saturated rings. The van der Waals surface area contributed by atoms with E-state index in [2.05, 4.69) is 24.1 Å². The van der Waals surface area contributed by atoms with Crippen molar-refractivity contribution < 1.29 is 9.53 Å². The summed E-state index contributed by atoms with van der Waals surface area (Å²) in [6.45, 7) is 6.08. The SMILES string of the molecule is Cc1ccc(C(C)C)c(Oc2nc3ccccn3c(=O)c2/C=C(\C#N)C(=O)NC2CCCC2)c1. The van der Waals surface area contributed by atoms with Crippen LogP contribution in [0.4, 0.5) is 0 Å². The third-order valence-electron chi connectivity index (χ3n) is 6.08. The number of hydrogen-bond acceptors (Lipinski definition) is 5. The monoisotopic (exact) mass is 456 g/mol. The molecule has 4 rings (SSSR count). The minimum Gasteiger partial charge on any atom is -0.438 e. The molecule has 1 saturated carbocycles. The summed E-state index contributed by atoms with van der Waals surface area (Å²) >= 11 is 0. The van der Waals surface area contributed by atoms with E-state index >= 15 is 0 Å². The van der Waals surface area contributed by atoms with Gasteiger partial charge in [-0.1, -0.05) is 44.9 Å². The number of hydrogen-bond donors (Lipinski definition) is 1. The molecule has 2 aromatic heterocycles. The normalized spacial score (nSPS) is 14.4. The van der Waals surface area contributed by atoms with Crippen molar-refractivity contribution in [1.82, 2.24) is 14.7 Å². The molecule has 1 aromatic carbocycles. The van der Waals surface area contributed by atoms with Gasteiger partial charge in [-0.15, -0.1) is 0 Å². The highest BCUT2D eigenvalue weighted by Gasteiger charge is 2.22. The van der Waals surface area contributed by atoms with E-state index in [0.29, 0.717) is 11.4 Å². The van der Waals surface area contributed by atoms with Crippen molar-refractivity contribution in [2.24, 2.45) is 0 Å². The number of carbonyl (C=O) groups is 1. The third-order valence-corrected chi connectivity index (χ3v) is 6.08. The molecule has 7 heteroatoms. The molecular formula is C27H28N4O3. The first-order chi connectivity index (χ1) is 16.4. The summed E-state index contributed by atoms with van der Waals surface area (Å²) in [6, 6.07) is 13.1. The second-order valence-corrected chi connectivity index (χ2v) is 8.99. The Morgan fingerprint density at radius 2 is 2.03 bits per heavy atom. The van der Waals surface area contributed by atoms with E-state index in [1.165, 1.54) is 10.5 Å². The molecule has 3 aromatic rings. The van der Waals surface area contributed by atoms with E-state index in [4.69, 9.17) is 4.74 Å². The van der Waals surface area contributed by atoms with Gasteiger partial charge in [-0.25, -0.2) is 0 Å². The molecule has 0 atom stereocenters. The standard InChI is InChI=1S/C27H28N4O3/c1-17(2)21-12-11-18(3)14-23(21)34-26-22(27(33)31-13-7-6-10-24(31)30-26)15-19(16-28)25(32)29-20-8-4-5-9-20/h6-7,10-15,17,20H,4-5,8-9H2,1-3H3,(H,29,32)/b19-15+. The number of aryl methyl sites for hydroxylation is 1. The van der Waals surface area contributed by atoms with Crippen LogP contribution in [0.15, 0.2) is 53.0 Å². The number of nitrogens with one attached hydrogen (secondary N) is 1. The van der Waals surface area contributed by atoms with Gasteiger partial charge in [0.25, 0.3) is 11.5 Å². The summed E-state index contributed by atoms with van der Waals surface area (Å²) < 4.78 is 7.60. The number of fused-ring (bicyclic) bond motifs is 1. The van der Waals surface area contributed by atoms with Crippen molar-refractivity contribution >= 4 is 17.6 Å². The van der Waals surface area contributed by atoms with Gasteiger partial charge in [-0.2, -0.15) is 10.2 Å². The average Bonchev–Trinajstić information content (AvgIpc) is 3.32. The molecule has 0 aliphatic heterocycles. The lowest BCUT2D eigenvalue weighted by Gasteiger charge is -2.16. The van der Waals surface area contributed by atoms with Crippen LogP contribution >= 0.6 is 0 Å². The highest BCUT2D eigenvalue weighted by molar-refractivity contribution is 6.02. The second kappa shape index (κ2) is 9.92. The fourth-order valence-electron chi connectivity index (χ4n) is 4.22. The summed E-state index contributed by atoms with van der Waals surface area (Å²) in [7, 11) is 0. The maximum atomic E-state index is 13.4. The van der Waals surface area contributed by atoms with E-state index in [1.54, 1.807) is 24.4 Å². The molecule has 174 valence electrons. The number of amides is 1. The van der Waals surface area contributed by atoms with Gasteiger partial charge in [0.05, 0.1) is 0 Å². The van der Waals surface area contributed by atoms with Crippen LogP contribution in [0.1, 0.15) is 62.1 Å². The maximum absolute atomic E-state index is 13.4. The van der Waals surface area contributed by atoms with Crippen molar-refractivity contribution in [3.05, 3.63) is 75.2 Å². The molecule has 1 amide bonds. The minimum absolute atomic E-state index is 0.0525. The first-order valence-corrected chi connectivity index (χ1v) is 11.6. The van der Waals surface area contributed by atoms with Crippen molar-refractivity contribution in [3.8, 4) is 17.7 Å². The van der Waals surface area contributed by atoms with E-state index in [-0.39, 0.29) is 29.0 Å². The van der Waals surface area contributed by atoms with E-state index in [0.717, 1.165) is 36.8 Å². The number of pyridine rings is 1. The zero-order valence-corrected chi connectivity index (χ0v) is 19.7. The summed E-state index contributed by atoms with van der Waals surface area (Å²) in [5, 5.41) is 12.6. The van der Waals surface area contributed by atoms with E-state index in [1.807, 2.05) is 31.2 Å². The molecule has 0 bridgehead atoms. The lowest BCUT2D eigenvalue weighted by atomic mass is 10.0. The van der Waals surface area contributed by atoms with Gasteiger partial charge in [0.1, 0.15) is 28.6 Å². The third kappa shape index (κ3) is 4.86. The molecule has 1 N–H and O–H groups in total. The Bertz CT molecular complexity index is 1360. The van der Waals surface area contributed by atoms with Crippen LogP contribution in [-0.2, 0) is 4.79 Å². The van der Waals surface area contributed by atoms with Crippen LogP contribution in [0.3, 0.4) is 0 Å². The topological polar surface area (TPSA) is 96.5 Å². The van der Waals surface area contributed by atoms with Crippen LogP contribution in [0.2, 0.25) is 0 Å². The quantitative estimate of drug-likeness (QED) is 0.421. The lowest BCUT2D eigenvalue weighted by molar-refractivity contribution is -0.117. The Morgan fingerprint density at radius 3 is 2.74 bits per heavy atom. The number of nitriles is 1. The number of rotatable bonds is 6. The van der Waals surface area contributed by atoms with E-state index < -0.39 is 11.5 Å². The number of aromatic nitrogens is 2. The fourth-order valence-corrected chi connectivity index (χ4v) is 4.22. The summed E-state index contributed by atoms with van der Waals surface area (Å²) in [5.41, 5.74) is 1.86. The number of nitrogens with zero attached hydrogens (tertiary/aromatic N) is 3. The van der Waals surface area contributed by atoms with Crippen molar-refractivity contribution in [2.45, 2.75) is 58.4 Å². The molecule has 7 nitrogen and oxygen atoms in total.